The van der Waals surface area contributed by atoms with Crippen molar-refractivity contribution in [2.75, 3.05) is 5.32 Å². The number of phenols is 1. The zero-order valence-corrected chi connectivity index (χ0v) is 17.0. The van der Waals surface area contributed by atoms with Crippen LogP contribution < -0.4 is 5.32 Å². The predicted molar refractivity (Wildman–Crippen MR) is 107 cm³/mol. The number of aromatic hydroxyl groups is 1. The highest BCUT2D eigenvalue weighted by Gasteiger charge is 2.63. The average Bonchev–Trinajstić information content (AvgIpc) is 2.66. The fraction of sp³-hybridized carbons (Fsp3) is 0.364. The van der Waals surface area contributed by atoms with Gasteiger partial charge in [0.05, 0.1) is 6.04 Å². The van der Waals surface area contributed by atoms with Crippen molar-refractivity contribution in [3.8, 4) is 5.75 Å². The van der Waals surface area contributed by atoms with Crippen LogP contribution in [0.1, 0.15) is 43.3 Å². The predicted octanol–water partition coefficient (Wildman–Crippen LogP) is 4.91. The number of hydrogen-bond acceptors (Lipinski definition) is 5. The maximum atomic E-state index is 14.3. The molecule has 2 atom stereocenters. The lowest BCUT2D eigenvalue weighted by Gasteiger charge is -2.49. The molecule has 0 spiro atoms. The minimum Gasteiger partial charge on any atom is -0.508 e. The molecule has 164 valence electrons. The summed E-state index contributed by atoms with van der Waals surface area (Å²) in [5, 5.41) is 23.9. The third-order valence-corrected chi connectivity index (χ3v) is 5.88. The normalized spacial score (nSPS) is 22.9. The first-order valence-electron chi connectivity index (χ1n) is 9.64. The number of aryl methyl sites for hydroxylation is 1. The SMILES string of the molecule is Cc1ncc2c(NC3c4ccc(O)cc4C(C)(C)CC3(O)C(F)(F)F)ccc(F)c2n1. The van der Waals surface area contributed by atoms with Crippen molar-refractivity contribution in [1.29, 1.82) is 0 Å². The monoisotopic (exact) mass is 435 g/mol. The van der Waals surface area contributed by atoms with Crippen LogP contribution in [-0.4, -0.2) is 32.0 Å². The molecule has 0 saturated carbocycles. The number of phenolic OH excluding ortho intramolecular Hbond substituents is 1. The number of halogens is 4. The van der Waals surface area contributed by atoms with Crippen molar-refractivity contribution in [1.82, 2.24) is 9.97 Å². The summed E-state index contributed by atoms with van der Waals surface area (Å²) in [5.41, 5.74) is -3.39. The number of nitrogens with one attached hydrogen (secondary N) is 1. The Morgan fingerprint density at radius 1 is 1.16 bits per heavy atom. The van der Waals surface area contributed by atoms with E-state index in [1.54, 1.807) is 20.8 Å². The van der Waals surface area contributed by atoms with E-state index >= 15 is 0 Å². The summed E-state index contributed by atoms with van der Waals surface area (Å²) in [5.74, 6) is -0.401. The van der Waals surface area contributed by atoms with Crippen molar-refractivity contribution in [2.24, 2.45) is 0 Å². The molecular weight excluding hydrogens is 414 g/mol. The maximum absolute atomic E-state index is 14.3. The number of hydrogen-bond donors (Lipinski definition) is 3. The van der Waals surface area contributed by atoms with Gasteiger partial charge in [-0.05, 0) is 54.2 Å². The van der Waals surface area contributed by atoms with Gasteiger partial charge in [0.25, 0.3) is 0 Å². The van der Waals surface area contributed by atoms with Crippen LogP contribution in [0.15, 0.2) is 36.5 Å². The number of rotatable bonds is 2. The van der Waals surface area contributed by atoms with Gasteiger partial charge in [-0.15, -0.1) is 0 Å². The van der Waals surface area contributed by atoms with Crippen LogP contribution in [-0.2, 0) is 5.41 Å². The Morgan fingerprint density at radius 3 is 2.55 bits per heavy atom. The van der Waals surface area contributed by atoms with Gasteiger partial charge in [-0.25, -0.2) is 14.4 Å². The molecule has 2 unspecified atom stereocenters. The summed E-state index contributed by atoms with van der Waals surface area (Å²) in [4.78, 5) is 8.08. The third-order valence-electron chi connectivity index (χ3n) is 5.88. The van der Waals surface area contributed by atoms with Crippen molar-refractivity contribution in [3.05, 3.63) is 59.3 Å². The van der Waals surface area contributed by atoms with E-state index in [0.717, 1.165) is 6.07 Å². The Kier molecular flexibility index (Phi) is 4.66. The van der Waals surface area contributed by atoms with Gasteiger partial charge in [-0.3, -0.25) is 0 Å². The molecule has 3 aromatic rings. The average molecular weight is 435 g/mol. The third kappa shape index (κ3) is 3.37. The van der Waals surface area contributed by atoms with Crippen LogP contribution >= 0.6 is 0 Å². The zero-order valence-electron chi connectivity index (χ0n) is 17.0. The molecule has 9 heteroatoms. The van der Waals surface area contributed by atoms with Crippen LogP contribution in [0.5, 0.6) is 5.75 Å². The van der Waals surface area contributed by atoms with Crippen molar-refractivity contribution >= 4 is 16.6 Å². The summed E-state index contributed by atoms with van der Waals surface area (Å²) in [6.45, 7) is 4.75. The topological polar surface area (TPSA) is 78.3 Å². The van der Waals surface area contributed by atoms with E-state index in [4.69, 9.17) is 0 Å². The highest BCUT2D eigenvalue weighted by atomic mass is 19.4. The smallest absolute Gasteiger partial charge is 0.419 e. The van der Waals surface area contributed by atoms with Gasteiger partial charge in [0, 0.05) is 17.3 Å². The Hall–Kier alpha value is -2.94. The fourth-order valence-corrected chi connectivity index (χ4v) is 4.43. The quantitative estimate of drug-likeness (QED) is 0.499. The minimum atomic E-state index is -4.96. The Balaban J connectivity index is 1.93. The molecule has 1 aromatic heterocycles. The molecule has 0 saturated heterocycles. The molecule has 0 aliphatic heterocycles. The summed E-state index contributed by atoms with van der Waals surface area (Å²) in [6.07, 6.45) is -4.26. The minimum absolute atomic E-state index is 0.0323. The molecule has 0 bridgehead atoms. The van der Waals surface area contributed by atoms with E-state index in [-0.39, 0.29) is 27.9 Å². The van der Waals surface area contributed by atoms with Crippen molar-refractivity contribution in [3.63, 3.8) is 0 Å². The molecule has 3 N–H and O–H groups in total. The van der Waals surface area contributed by atoms with E-state index in [1.165, 1.54) is 30.5 Å². The molecule has 0 amide bonds. The van der Waals surface area contributed by atoms with Crippen molar-refractivity contribution in [2.45, 2.75) is 50.4 Å². The van der Waals surface area contributed by atoms with Gasteiger partial charge in [0.2, 0.25) is 0 Å². The Morgan fingerprint density at radius 2 is 1.87 bits per heavy atom. The molecule has 1 heterocycles. The second kappa shape index (κ2) is 6.78. The van der Waals surface area contributed by atoms with Gasteiger partial charge < -0.3 is 15.5 Å². The van der Waals surface area contributed by atoms with Crippen LogP contribution in [0.2, 0.25) is 0 Å². The number of nitrogens with zero attached hydrogens (tertiary/aromatic N) is 2. The Bertz CT molecular complexity index is 1180. The molecule has 5 nitrogen and oxygen atoms in total. The molecule has 0 radical (unpaired) electrons. The highest BCUT2D eigenvalue weighted by molar-refractivity contribution is 5.91. The maximum Gasteiger partial charge on any atom is 0.419 e. The van der Waals surface area contributed by atoms with Crippen LogP contribution in [0.3, 0.4) is 0 Å². The van der Waals surface area contributed by atoms with Crippen LogP contribution in [0.25, 0.3) is 10.9 Å². The van der Waals surface area contributed by atoms with E-state index in [2.05, 4.69) is 15.3 Å². The number of anilines is 1. The second-order valence-electron chi connectivity index (χ2n) is 8.61. The number of benzene rings is 2. The number of aliphatic hydroxyl groups is 1. The second-order valence-corrected chi connectivity index (χ2v) is 8.61. The summed E-state index contributed by atoms with van der Waals surface area (Å²) in [6, 6.07) is 4.86. The van der Waals surface area contributed by atoms with Gasteiger partial charge in [-0.1, -0.05) is 19.9 Å². The number of aromatic nitrogens is 2. The largest absolute Gasteiger partial charge is 0.508 e. The lowest BCUT2D eigenvalue weighted by molar-refractivity contribution is -0.275. The summed E-state index contributed by atoms with van der Waals surface area (Å²) >= 11 is 0. The summed E-state index contributed by atoms with van der Waals surface area (Å²) in [7, 11) is 0. The zero-order chi connectivity index (χ0) is 22.8. The van der Waals surface area contributed by atoms with Gasteiger partial charge in [0.15, 0.2) is 5.60 Å². The first kappa shape index (κ1) is 21.3. The van der Waals surface area contributed by atoms with E-state index < -0.39 is 35.5 Å². The van der Waals surface area contributed by atoms with Crippen LogP contribution in [0.4, 0.5) is 23.2 Å². The van der Waals surface area contributed by atoms with Gasteiger partial charge >= 0.3 is 6.18 Å². The fourth-order valence-electron chi connectivity index (χ4n) is 4.43. The first-order valence-corrected chi connectivity index (χ1v) is 9.64. The first-order chi connectivity index (χ1) is 14.3. The van der Waals surface area contributed by atoms with E-state index in [1.807, 2.05) is 0 Å². The lowest BCUT2D eigenvalue weighted by atomic mass is 9.63. The molecule has 1 aliphatic rings. The lowest BCUT2D eigenvalue weighted by Crippen LogP contribution is -2.58. The standard InChI is InChI=1S/C22H21F4N3O2/c1-11-27-9-14-17(7-6-16(23)18(14)28-11)29-19-13-5-4-12(30)8-15(13)20(2,3)10-21(19,31)22(24,25)26/h4-9,19,29-31H,10H2,1-3H3. The van der Waals surface area contributed by atoms with Gasteiger partial charge in [0.1, 0.15) is 22.9 Å². The number of fused-ring (bicyclic) bond motifs is 2. The molecule has 31 heavy (non-hydrogen) atoms. The molecule has 4 rings (SSSR count). The number of alkyl halides is 3. The molecule has 1 aliphatic carbocycles. The molecule has 2 aromatic carbocycles. The molecule has 0 fully saturated rings. The van der Waals surface area contributed by atoms with Crippen LogP contribution in [0, 0.1) is 12.7 Å². The Labute approximate surface area is 175 Å². The molecular formula is C22H21F4N3O2. The van der Waals surface area contributed by atoms with E-state index in [0.29, 0.717) is 11.4 Å². The van der Waals surface area contributed by atoms with Gasteiger partial charge in [-0.2, -0.15) is 13.2 Å². The van der Waals surface area contributed by atoms with E-state index in [9.17, 15) is 27.8 Å². The summed E-state index contributed by atoms with van der Waals surface area (Å²) < 4.78 is 56.9. The van der Waals surface area contributed by atoms with Crippen molar-refractivity contribution < 1.29 is 27.8 Å². The highest BCUT2D eigenvalue weighted by Crippen LogP contribution is 2.55.